The van der Waals surface area contributed by atoms with Gasteiger partial charge in [0.05, 0.1) is 6.54 Å². The van der Waals surface area contributed by atoms with Gasteiger partial charge in [-0.05, 0) is 26.8 Å². The van der Waals surface area contributed by atoms with Gasteiger partial charge in [0.15, 0.2) is 0 Å². The molecule has 0 amide bonds. The van der Waals surface area contributed by atoms with Crippen LogP contribution in [-0.4, -0.2) is 22.8 Å². The van der Waals surface area contributed by atoms with Crippen molar-refractivity contribution in [2.24, 2.45) is 10.4 Å². The van der Waals surface area contributed by atoms with Gasteiger partial charge in [0, 0.05) is 17.2 Å². The molecule has 0 atom stereocenters. The summed E-state index contributed by atoms with van der Waals surface area (Å²) in [5.41, 5.74) is 0.237. The molecule has 0 aliphatic carbocycles. The van der Waals surface area contributed by atoms with Crippen LogP contribution >= 0.6 is 0 Å². The third kappa shape index (κ3) is 2.37. The van der Waals surface area contributed by atoms with Gasteiger partial charge in [-0.25, -0.2) is 0 Å². The summed E-state index contributed by atoms with van der Waals surface area (Å²) in [4.78, 5) is 6.88. The first-order valence-corrected chi connectivity index (χ1v) is 5.24. The summed E-state index contributed by atoms with van der Waals surface area (Å²) in [6.07, 6.45) is 4.27. The van der Waals surface area contributed by atoms with Crippen molar-refractivity contribution < 1.29 is 0 Å². The second-order valence-electron chi connectivity index (χ2n) is 5.84. The van der Waals surface area contributed by atoms with Gasteiger partial charge in [-0.15, -0.1) is 0 Å². The van der Waals surface area contributed by atoms with Crippen molar-refractivity contribution in [2.75, 3.05) is 6.54 Å². The van der Waals surface area contributed by atoms with Gasteiger partial charge in [-0.1, -0.05) is 20.8 Å². The highest BCUT2D eigenvalue weighted by Gasteiger charge is 2.31. The Labute approximate surface area is 87.7 Å². The largest absolute Gasteiger partial charge is 0.331 e. The third-order valence-corrected chi connectivity index (χ3v) is 2.22. The topological polar surface area (TPSA) is 15.6 Å². The molecule has 2 heteroatoms. The van der Waals surface area contributed by atoms with Crippen LogP contribution in [0.5, 0.6) is 0 Å². The molecule has 0 radical (unpaired) electrons. The number of hydrogen-bond acceptors (Lipinski definition) is 2. The SMILES string of the molecule is CC(C)(C)C1=NCC=CN1C(C)(C)C. The summed E-state index contributed by atoms with van der Waals surface area (Å²) >= 11 is 0. The second-order valence-corrected chi connectivity index (χ2v) is 5.84. The number of amidine groups is 1. The molecule has 14 heavy (non-hydrogen) atoms. The zero-order valence-corrected chi connectivity index (χ0v) is 10.3. The zero-order chi connectivity index (χ0) is 11.0. The highest BCUT2D eigenvalue weighted by molar-refractivity contribution is 5.89. The van der Waals surface area contributed by atoms with Crippen molar-refractivity contribution in [3.8, 4) is 0 Å². The Morgan fingerprint density at radius 3 is 2.07 bits per heavy atom. The smallest absolute Gasteiger partial charge is 0.109 e. The Morgan fingerprint density at radius 2 is 1.71 bits per heavy atom. The first-order valence-electron chi connectivity index (χ1n) is 5.24. The van der Waals surface area contributed by atoms with Crippen molar-refractivity contribution in [3.63, 3.8) is 0 Å². The summed E-state index contributed by atoms with van der Waals surface area (Å²) in [6, 6.07) is 0. The van der Waals surface area contributed by atoms with Crippen molar-refractivity contribution in [2.45, 2.75) is 47.1 Å². The van der Waals surface area contributed by atoms with Crippen LogP contribution in [-0.2, 0) is 0 Å². The molecule has 0 fully saturated rings. The summed E-state index contributed by atoms with van der Waals surface area (Å²) in [5, 5.41) is 0. The van der Waals surface area contributed by atoms with E-state index in [1.807, 2.05) is 0 Å². The molecule has 2 nitrogen and oxygen atoms in total. The first-order chi connectivity index (χ1) is 6.23. The van der Waals surface area contributed by atoms with E-state index < -0.39 is 0 Å². The lowest BCUT2D eigenvalue weighted by atomic mass is 9.90. The van der Waals surface area contributed by atoms with E-state index in [-0.39, 0.29) is 11.0 Å². The maximum Gasteiger partial charge on any atom is 0.109 e. The molecule has 0 saturated carbocycles. The van der Waals surface area contributed by atoms with Crippen molar-refractivity contribution >= 4 is 5.84 Å². The average molecular weight is 194 g/mol. The monoisotopic (exact) mass is 194 g/mol. The Morgan fingerprint density at radius 1 is 1.14 bits per heavy atom. The molecule has 1 rings (SSSR count). The Hall–Kier alpha value is -0.790. The molecule has 0 saturated heterocycles. The number of rotatable bonds is 0. The van der Waals surface area contributed by atoms with E-state index in [4.69, 9.17) is 0 Å². The fraction of sp³-hybridized carbons (Fsp3) is 0.750. The van der Waals surface area contributed by atoms with Crippen LogP contribution < -0.4 is 0 Å². The summed E-state index contributed by atoms with van der Waals surface area (Å²) in [7, 11) is 0. The Kier molecular flexibility index (Phi) is 2.75. The minimum atomic E-state index is 0.114. The summed E-state index contributed by atoms with van der Waals surface area (Å²) < 4.78 is 0. The average Bonchev–Trinajstić information content (AvgIpc) is 2.01. The van der Waals surface area contributed by atoms with Crippen LogP contribution in [0.2, 0.25) is 0 Å². The van der Waals surface area contributed by atoms with E-state index >= 15 is 0 Å². The number of hydrogen-bond donors (Lipinski definition) is 0. The molecule has 1 heterocycles. The molecule has 0 unspecified atom stereocenters. The fourth-order valence-corrected chi connectivity index (χ4v) is 1.58. The minimum absolute atomic E-state index is 0.114. The molecule has 0 N–H and O–H groups in total. The van der Waals surface area contributed by atoms with Crippen molar-refractivity contribution in [1.29, 1.82) is 0 Å². The van der Waals surface area contributed by atoms with E-state index in [0.29, 0.717) is 0 Å². The molecular formula is C12H22N2. The molecular weight excluding hydrogens is 172 g/mol. The lowest BCUT2D eigenvalue weighted by molar-refractivity contribution is 0.282. The quantitative estimate of drug-likeness (QED) is 0.578. The van der Waals surface area contributed by atoms with Gasteiger partial charge in [-0.3, -0.25) is 4.99 Å². The maximum absolute atomic E-state index is 4.60. The van der Waals surface area contributed by atoms with Crippen LogP contribution in [0, 0.1) is 5.41 Å². The summed E-state index contributed by atoms with van der Waals surface area (Å²) in [6.45, 7) is 14.1. The molecule has 80 valence electrons. The van der Waals surface area contributed by atoms with Crippen LogP contribution in [0.4, 0.5) is 0 Å². The summed E-state index contributed by atoms with van der Waals surface area (Å²) in [5.74, 6) is 1.19. The van der Waals surface area contributed by atoms with Crippen molar-refractivity contribution in [1.82, 2.24) is 4.90 Å². The Balaban J connectivity index is 2.99. The third-order valence-electron chi connectivity index (χ3n) is 2.22. The number of aliphatic imine (C=N–C) groups is 1. The van der Waals surface area contributed by atoms with E-state index in [1.54, 1.807) is 0 Å². The van der Waals surface area contributed by atoms with Crippen LogP contribution in [0.3, 0.4) is 0 Å². The van der Waals surface area contributed by atoms with Gasteiger partial charge < -0.3 is 4.90 Å². The second kappa shape index (κ2) is 3.41. The molecule has 0 spiro atoms. The van der Waals surface area contributed by atoms with E-state index in [9.17, 15) is 0 Å². The number of nitrogens with zero attached hydrogens (tertiary/aromatic N) is 2. The molecule has 1 aliphatic rings. The Bertz CT molecular complexity index is 261. The van der Waals surface area contributed by atoms with E-state index in [2.05, 4.69) is 63.7 Å². The van der Waals surface area contributed by atoms with Crippen LogP contribution in [0.1, 0.15) is 41.5 Å². The fourth-order valence-electron chi connectivity index (χ4n) is 1.58. The van der Waals surface area contributed by atoms with Gasteiger partial charge >= 0.3 is 0 Å². The molecule has 1 aliphatic heterocycles. The predicted molar refractivity (Wildman–Crippen MR) is 62.5 cm³/mol. The van der Waals surface area contributed by atoms with E-state index in [1.165, 1.54) is 5.84 Å². The standard InChI is InChI=1S/C12H22N2/c1-11(2,3)10-13-8-7-9-14(10)12(4,5)6/h7,9H,8H2,1-6H3. The van der Waals surface area contributed by atoms with Crippen molar-refractivity contribution in [3.05, 3.63) is 12.3 Å². The lowest BCUT2D eigenvalue weighted by Crippen LogP contribution is -2.48. The highest BCUT2D eigenvalue weighted by Crippen LogP contribution is 2.27. The maximum atomic E-state index is 4.60. The van der Waals surface area contributed by atoms with Gasteiger partial charge in [0.25, 0.3) is 0 Å². The molecule has 0 bridgehead atoms. The lowest BCUT2D eigenvalue weighted by Gasteiger charge is -2.41. The van der Waals surface area contributed by atoms with Gasteiger partial charge in [0.2, 0.25) is 0 Å². The minimum Gasteiger partial charge on any atom is -0.331 e. The highest BCUT2D eigenvalue weighted by atomic mass is 15.2. The predicted octanol–water partition coefficient (Wildman–Crippen LogP) is 3.06. The molecule has 0 aromatic carbocycles. The zero-order valence-electron chi connectivity index (χ0n) is 10.3. The van der Waals surface area contributed by atoms with E-state index in [0.717, 1.165) is 6.54 Å². The molecule has 0 aromatic heterocycles. The van der Waals surface area contributed by atoms with Crippen LogP contribution in [0.25, 0.3) is 0 Å². The first kappa shape index (κ1) is 11.3. The molecule has 0 aromatic rings. The van der Waals surface area contributed by atoms with Gasteiger partial charge in [0.1, 0.15) is 5.84 Å². The van der Waals surface area contributed by atoms with Crippen LogP contribution in [0.15, 0.2) is 17.3 Å². The van der Waals surface area contributed by atoms with Gasteiger partial charge in [-0.2, -0.15) is 0 Å². The normalized spacial score (nSPS) is 18.4.